The van der Waals surface area contributed by atoms with Crippen molar-refractivity contribution in [2.24, 2.45) is 5.41 Å². The number of esters is 1. The van der Waals surface area contributed by atoms with Crippen LogP contribution < -0.4 is 0 Å². The van der Waals surface area contributed by atoms with Gasteiger partial charge >= 0.3 is 5.97 Å². The molecule has 2 aromatic rings. The van der Waals surface area contributed by atoms with Crippen molar-refractivity contribution in [1.82, 2.24) is 0 Å². The van der Waals surface area contributed by atoms with Gasteiger partial charge in [0, 0.05) is 5.41 Å². The highest BCUT2D eigenvalue weighted by Gasteiger charge is 2.26. The third kappa shape index (κ3) is 12.2. The van der Waals surface area contributed by atoms with Crippen LogP contribution in [0.2, 0.25) is 0 Å². The number of hydrogen-bond acceptors (Lipinski definition) is 2. The van der Waals surface area contributed by atoms with Crippen LogP contribution in [0.5, 0.6) is 0 Å². The first-order chi connectivity index (χ1) is 17.6. The topological polar surface area (TPSA) is 26.3 Å². The fraction of sp³-hybridized carbons (Fsp3) is 0.618. The molecule has 0 aliphatic heterocycles. The van der Waals surface area contributed by atoms with Crippen LogP contribution in [0.4, 0.5) is 0 Å². The molecule has 0 N–H and O–H groups in total. The molecule has 0 spiro atoms. The largest absolute Gasteiger partial charge is 0.462 e. The van der Waals surface area contributed by atoms with Gasteiger partial charge in [0.05, 0.1) is 12.2 Å². The molecule has 0 saturated carbocycles. The summed E-state index contributed by atoms with van der Waals surface area (Å²) < 4.78 is 5.92. The summed E-state index contributed by atoms with van der Waals surface area (Å²) >= 11 is 0. The van der Waals surface area contributed by atoms with Crippen LogP contribution in [0.25, 0.3) is 11.1 Å². The summed E-state index contributed by atoms with van der Waals surface area (Å²) in [6, 6.07) is 18.1. The zero-order valence-electron chi connectivity index (χ0n) is 23.5. The van der Waals surface area contributed by atoms with Crippen LogP contribution in [0.1, 0.15) is 134 Å². The molecule has 2 aromatic carbocycles. The Hall–Kier alpha value is -2.09. The van der Waals surface area contributed by atoms with Gasteiger partial charge in [-0.25, -0.2) is 4.79 Å². The summed E-state index contributed by atoms with van der Waals surface area (Å²) in [5.41, 5.74) is 3.00. The van der Waals surface area contributed by atoms with Crippen molar-refractivity contribution < 1.29 is 9.53 Å². The van der Waals surface area contributed by atoms with Crippen LogP contribution in [0.15, 0.2) is 54.6 Å². The molecule has 1 unspecified atom stereocenters. The summed E-state index contributed by atoms with van der Waals surface area (Å²) in [6.07, 6.45) is 20.8. The molecule has 1 atom stereocenters. The summed E-state index contributed by atoms with van der Waals surface area (Å²) in [6.45, 7) is 7.41. The molecule has 0 aromatic heterocycles. The van der Waals surface area contributed by atoms with Crippen LogP contribution >= 0.6 is 0 Å². The Balaban J connectivity index is 1.84. The van der Waals surface area contributed by atoms with E-state index >= 15 is 0 Å². The van der Waals surface area contributed by atoms with Crippen molar-refractivity contribution >= 4 is 5.97 Å². The minimum absolute atomic E-state index is 0.0760. The van der Waals surface area contributed by atoms with E-state index in [-0.39, 0.29) is 11.4 Å². The maximum atomic E-state index is 12.9. The van der Waals surface area contributed by atoms with E-state index in [1.807, 2.05) is 42.5 Å². The zero-order chi connectivity index (χ0) is 25.9. The molecule has 0 radical (unpaired) electrons. The second kappa shape index (κ2) is 18.2. The van der Waals surface area contributed by atoms with E-state index in [0.29, 0.717) is 12.2 Å². The molecule has 2 nitrogen and oxygen atoms in total. The van der Waals surface area contributed by atoms with Crippen molar-refractivity contribution in [2.45, 2.75) is 124 Å². The molecule has 0 amide bonds. The molecule has 36 heavy (non-hydrogen) atoms. The van der Waals surface area contributed by atoms with Crippen molar-refractivity contribution in [3.05, 3.63) is 60.2 Å². The highest BCUT2D eigenvalue weighted by Crippen LogP contribution is 2.32. The van der Waals surface area contributed by atoms with Gasteiger partial charge in [-0.3, -0.25) is 0 Å². The lowest BCUT2D eigenvalue weighted by Crippen LogP contribution is -2.25. The van der Waals surface area contributed by atoms with Gasteiger partial charge in [-0.2, -0.15) is 0 Å². The Kier molecular flexibility index (Phi) is 15.2. The van der Waals surface area contributed by atoms with E-state index in [2.05, 4.69) is 32.9 Å². The van der Waals surface area contributed by atoms with Gasteiger partial charge in [-0.05, 0) is 36.1 Å². The number of benzene rings is 2. The number of carbonyl (C=O) groups excluding carboxylic acids is 1. The van der Waals surface area contributed by atoms with Crippen molar-refractivity contribution in [3.8, 4) is 11.1 Å². The Morgan fingerprint density at radius 1 is 0.611 bits per heavy atom. The van der Waals surface area contributed by atoms with E-state index in [0.717, 1.165) is 24.0 Å². The first kappa shape index (κ1) is 30.1. The fourth-order valence-corrected chi connectivity index (χ4v) is 5.04. The second-order valence-electron chi connectivity index (χ2n) is 11.1. The van der Waals surface area contributed by atoms with Crippen LogP contribution in [-0.4, -0.2) is 12.6 Å². The summed E-state index contributed by atoms with van der Waals surface area (Å²) in [7, 11) is 0. The SMILES string of the molecule is CCCCCCCCCCC(C)(CCCCCCCC)COC(=O)c1ccc(-c2ccccc2)cc1. The molecule has 2 rings (SSSR count). The highest BCUT2D eigenvalue weighted by atomic mass is 16.5. The second-order valence-corrected chi connectivity index (χ2v) is 11.1. The van der Waals surface area contributed by atoms with E-state index in [4.69, 9.17) is 4.74 Å². The molecular formula is C34H52O2. The Morgan fingerprint density at radius 2 is 1.06 bits per heavy atom. The van der Waals surface area contributed by atoms with Crippen LogP contribution in [0, 0.1) is 5.41 Å². The lowest BCUT2D eigenvalue weighted by atomic mass is 9.80. The first-order valence-corrected chi connectivity index (χ1v) is 14.9. The fourth-order valence-electron chi connectivity index (χ4n) is 5.04. The van der Waals surface area contributed by atoms with Gasteiger partial charge in [0.15, 0.2) is 0 Å². The Bertz CT molecular complexity index is 811. The number of rotatable bonds is 20. The van der Waals surface area contributed by atoms with E-state index in [1.54, 1.807) is 0 Å². The van der Waals surface area contributed by atoms with E-state index in [1.165, 1.54) is 89.9 Å². The van der Waals surface area contributed by atoms with Crippen LogP contribution in [-0.2, 0) is 4.74 Å². The maximum Gasteiger partial charge on any atom is 0.338 e. The number of hydrogen-bond donors (Lipinski definition) is 0. The molecule has 200 valence electrons. The van der Waals surface area contributed by atoms with Crippen molar-refractivity contribution in [3.63, 3.8) is 0 Å². The third-order valence-electron chi connectivity index (χ3n) is 7.55. The zero-order valence-corrected chi connectivity index (χ0v) is 23.5. The average Bonchev–Trinajstić information content (AvgIpc) is 2.91. The number of unbranched alkanes of at least 4 members (excludes halogenated alkanes) is 12. The number of ether oxygens (including phenoxy) is 1. The minimum Gasteiger partial charge on any atom is -0.462 e. The molecule has 0 heterocycles. The van der Waals surface area contributed by atoms with Crippen LogP contribution in [0.3, 0.4) is 0 Å². The Labute approximate surface area is 222 Å². The van der Waals surface area contributed by atoms with Gasteiger partial charge in [-0.1, -0.05) is 153 Å². The molecule has 0 bridgehead atoms. The minimum atomic E-state index is -0.195. The first-order valence-electron chi connectivity index (χ1n) is 14.9. The predicted molar refractivity (Wildman–Crippen MR) is 155 cm³/mol. The molecule has 0 aliphatic rings. The summed E-state index contributed by atoms with van der Waals surface area (Å²) in [4.78, 5) is 12.9. The summed E-state index contributed by atoms with van der Waals surface area (Å²) in [5, 5.41) is 0. The van der Waals surface area contributed by atoms with Gasteiger partial charge in [-0.15, -0.1) is 0 Å². The molecule has 0 aliphatic carbocycles. The Morgan fingerprint density at radius 3 is 1.56 bits per heavy atom. The van der Waals surface area contributed by atoms with Gasteiger partial charge in [0.1, 0.15) is 0 Å². The highest BCUT2D eigenvalue weighted by molar-refractivity contribution is 5.90. The lowest BCUT2D eigenvalue weighted by molar-refractivity contribution is 0.0264. The van der Waals surface area contributed by atoms with E-state index < -0.39 is 0 Å². The van der Waals surface area contributed by atoms with Gasteiger partial charge in [0.25, 0.3) is 0 Å². The third-order valence-corrected chi connectivity index (χ3v) is 7.55. The van der Waals surface area contributed by atoms with Gasteiger partial charge in [0.2, 0.25) is 0 Å². The predicted octanol–water partition coefficient (Wildman–Crippen LogP) is 10.8. The lowest BCUT2D eigenvalue weighted by Gasteiger charge is -2.29. The van der Waals surface area contributed by atoms with E-state index in [9.17, 15) is 4.79 Å². The average molecular weight is 493 g/mol. The molecule has 0 fully saturated rings. The van der Waals surface area contributed by atoms with Gasteiger partial charge < -0.3 is 4.74 Å². The smallest absolute Gasteiger partial charge is 0.338 e. The molecule has 0 saturated heterocycles. The maximum absolute atomic E-state index is 12.9. The normalized spacial score (nSPS) is 12.9. The number of carbonyl (C=O) groups is 1. The van der Waals surface area contributed by atoms with Crippen molar-refractivity contribution in [2.75, 3.05) is 6.61 Å². The standard InChI is InChI=1S/C34H52O2/c1-4-6-8-10-12-13-15-20-28-34(3,27-19-14-11-9-7-5-2)29-36-33(35)32-25-23-31(24-26-32)30-21-17-16-18-22-30/h16-18,21-26H,4-15,19-20,27-29H2,1-3H3. The summed E-state index contributed by atoms with van der Waals surface area (Å²) in [5.74, 6) is -0.195. The molecule has 2 heteroatoms. The monoisotopic (exact) mass is 492 g/mol. The quantitative estimate of drug-likeness (QED) is 0.136. The molecular weight excluding hydrogens is 440 g/mol. The van der Waals surface area contributed by atoms with Crippen molar-refractivity contribution in [1.29, 1.82) is 0 Å².